The van der Waals surface area contributed by atoms with Crippen LogP contribution in [0.5, 0.6) is 0 Å². The van der Waals surface area contributed by atoms with Crippen LogP contribution in [0.3, 0.4) is 0 Å². The average molecular weight is 196 g/mol. The Morgan fingerprint density at radius 3 is 2.29 bits per heavy atom. The molecular formula is C11H20N2O. The highest BCUT2D eigenvalue weighted by Crippen LogP contribution is 2.04. The normalized spacial score (nSPS) is 12.9. The van der Waals surface area contributed by atoms with Crippen molar-refractivity contribution >= 4 is 11.7 Å². The van der Waals surface area contributed by atoms with Crippen molar-refractivity contribution in [3.8, 4) is 0 Å². The fourth-order valence-corrected chi connectivity index (χ4v) is 1.08. The average Bonchev–Trinajstić information content (AvgIpc) is 2.15. The predicted octanol–water partition coefficient (Wildman–Crippen LogP) is 2.63. The van der Waals surface area contributed by atoms with E-state index in [1.807, 2.05) is 6.92 Å². The number of carbonyl (C=O) groups excluding carboxylic acids is 1. The predicted molar refractivity (Wildman–Crippen MR) is 60.2 cm³/mol. The summed E-state index contributed by atoms with van der Waals surface area (Å²) >= 11 is 0. The van der Waals surface area contributed by atoms with E-state index in [-0.39, 0.29) is 5.91 Å². The van der Waals surface area contributed by atoms with Gasteiger partial charge in [0, 0.05) is 19.0 Å². The summed E-state index contributed by atoms with van der Waals surface area (Å²) in [5.41, 5.74) is 1.04. The molecule has 0 aromatic carbocycles. The van der Waals surface area contributed by atoms with Crippen LogP contribution >= 0.6 is 0 Å². The Bertz CT molecular complexity index is 242. The molecule has 0 aliphatic rings. The van der Waals surface area contributed by atoms with Crippen molar-refractivity contribution in [3.63, 3.8) is 0 Å². The largest absolute Gasteiger partial charge is 0.314 e. The maximum absolute atomic E-state index is 10.8. The minimum atomic E-state index is -0.0578. The monoisotopic (exact) mass is 196 g/mol. The van der Waals surface area contributed by atoms with E-state index in [2.05, 4.69) is 30.2 Å². The van der Waals surface area contributed by atoms with Gasteiger partial charge in [-0.25, -0.2) is 4.99 Å². The van der Waals surface area contributed by atoms with E-state index in [0.717, 1.165) is 30.8 Å². The van der Waals surface area contributed by atoms with Gasteiger partial charge in [-0.2, -0.15) is 0 Å². The highest BCUT2D eigenvalue weighted by molar-refractivity contribution is 5.97. The SMILES string of the molecule is CC/C=C(\CC)N=C(CC)NC(C)=O. The zero-order chi connectivity index (χ0) is 11.0. The molecule has 0 aliphatic carbocycles. The van der Waals surface area contributed by atoms with Gasteiger partial charge in [-0.15, -0.1) is 0 Å². The molecule has 1 amide bonds. The van der Waals surface area contributed by atoms with E-state index in [0.29, 0.717) is 0 Å². The number of carbonyl (C=O) groups is 1. The molecule has 0 bridgehead atoms. The molecule has 0 saturated carbocycles. The molecule has 0 saturated heterocycles. The van der Waals surface area contributed by atoms with E-state index in [1.54, 1.807) is 0 Å². The first-order valence-electron chi connectivity index (χ1n) is 5.18. The highest BCUT2D eigenvalue weighted by atomic mass is 16.1. The van der Waals surface area contributed by atoms with Crippen LogP contribution in [0.1, 0.15) is 47.0 Å². The molecule has 3 nitrogen and oxygen atoms in total. The number of hydrogen-bond donors (Lipinski definition) is 1. The molecule has 0 aromatic rings. The quantitative estimate of drug-likeness (QED) is 0.545. The Hall–Kier alpha value is -1.12. The lowest BCUT2D eigenvalue weighted by atomic mass is 10.3. The summed E-state index contributed by atoms with van der Waals surface area (Å²) < 4.78 is 0. The standard InChI is InChI=1S/C11H20N2O/c1-5-8-10(6-2)13-11(7-3)12-9(4)14/h8H,5-7H2,1-4H3,(H,12,13,14)/b10-8+. The maximum Gasteiger partial charge on any atom is 0.222 e. The Labute approximate surface area is 86.3 Å². The number of amides is 1. The van der Waals surface area contributed by atoms with E-state index in [1.165, 1.54) is 6.92 Å². The fraction of sp³-hybridized carbons (Fsp3) is 0.636. The second-order valence-electron chi connectivity index (χ2n) is 3.05. The first-order chi connectivity index (χ1) is 6.63. The van der Waals surface area contributed by atoms with Crippen LogP contribution in [0.25, 0.3) is 0 Å². The van der Waals surface area contributed by atoms with Gasteiger partial charge in [0.2, 0.25) is 5.91 Å². The summed E-state index contributed by atoms with van der Waals surface area (Å²) in [4.78, 5) is 15.2. The van der Waals surface area contributed by atoms with Gasteiger partial charge in [0.1, 0.15) is 5.84 Å². The van der Waals surface area contributed by atoms with Gasteiger partial charge in [-0.3, -0.25) is 4.79 Å². The molecule has 0 radical (unpaired) electrons. The van der Waals surface area contributed by atoms with Gasteiger partial charge in [0.25, 0.3) is 0 Å². The number of nitrogens with zero attached hydrogens (tertiary/aromatic N) is 1. The van der Waals surface area contributed by atoms with Crippen LogP contribution < -0.4 is 5.32 Å². The number of amidine groups is 1. The molecule has 0 unspecified atom stereocenters. The van der Waals surface area contributed by atoms with Crippen molar-refractivity contribution in [2.45, 2.75) is 47.0 Å². The van der Waals surface area contributed by atoms with Gasteiger partial charge >= 0.3 is 0 Å². The molecular weight excluding hydrogens is 176 g/mol. The van der Waals surface area contributed by atoms with Crippen LogP contribution in [0.15, 0.2) is 16.8 Å². The van der Waals surface area contributed by atoms with Gasteiger partial charge in [0.05, 0.1) is 0 Å². The minimum absolute atomic E-state index is 0.0578. The number of nitrogens with one attached hydrogen (secondary N) is 1. The summed E-state index contributed by atoms with van der Waals surface area (Å²) in [6, 6.07) is 0. The Morgan fingerprint density at radius 2 is 1.93 bits per heavy atom. The first-order valence-corrected chi connectivity index (χ1v) is 5.18. The Balaban J connectivity index is 4.54. The smallest absolute Gasteiger partial charge is 0.222 e. The number of allylic oxidation sites excluding steroid dienone is 2. The molecule has 0 rings (SSSR count). The second kappa shape index (κ2) is 7.30. The third-order valence-electron chi connectivity index (χ3n) is 1.74. The van der Waals surface area contributed by atoms with E-state index < -0.39 is 0 Å². The Morgan fingerprint density at radius 1 is 1.29 bits per heavy atom. The zero-order valence-corrected chi connectivity index (χ0v) is 9.55. The molecule has 0 fully saturated rings. The highest BCUT2D eigenvalue weighted by Gasteiger charge is 1.99. The van der Waals surface area contributed by atoms with Crippen molar-refractivity contribution in [2.24, 2.45) is 4.99 Å². The van der Waals surface area contributed by atoms with Crippen LogP contribution in [-0.2, 0) is 4.79 Å². The summed E-state index contributed by atoms with van der Waals surface area (Å²) in [5, 5.41) is 2.72. The van der Waals surface area contributed by atoms with E-state index in [9.17, 15) is 4.79 Å². The van der Waals surface area contributed by atoms with E-state index >= 15 is 0 Å². The second-order valence-corrected chi connectivity index (χ2v) is 3.05. The third-order valence-corrected chi connectivity index (χ3v) is 1.74. The van der Waals surface area contributed by atoms with Gasteiger partial charge in [-0.05, 0) is 12.8 Å². The van der Waals surface area contributed by atoms with Crippen LogP contribution in [-0.4, -0.2) is 11.7 Å². The van der Waals surface area contributed by atoms with Crippen molar-refractivity contribution in [3.05, 3.63) is 11.8 Å². The van der Waals surface area contributed by atoms with E-state index in [4.69, 9.17) is 0 Å². The Kier molecular flexibility index (Phi) is 6.72. The molecule has 0 heterocycles. The third kappa shape index (κ3) is 5.51. The lowest BCUT2D eigenvalue weighted by Gasteiger charge is -2.05. The van der Waals surface area contributed by atoms with Crippen LogP contribution in [0.2, 0.25) is 0 Å². The molecule has 1 N–H and O–H groups in total. The summed E-state index contributed by atoms with van der Waals surface area (Å²) in [5.74, 6) is 0.691. The lowest BCUT2D eigenvalue weighted by Crippen LogP contribution is -2.27. The zero-order valence-electron chi connectivity index (χ0n) is 9.55. The maximum atomic E-state index is 10.8. The molecule has 0 atom stereocenters. The van der Waals surface area contributed by atoms with Crippen LogP contribution in [0.4, 0.5) is 0 Å². The van der Waals surface area contributed by atoms with Crippen molar-refractivity contribution in [2.75, 3.05) is 0 Å². The van der Waals surface area contributed by atoms with Crippen molar-refractivity contribution in [1.82, 2.24) is 5.32 Å². The number of hydrogen-bond acceptors (Lipinski definition) is 2. The number of aliphatic imine (C=N–C) groups is 1. The van der Waals surface area contributed by atoms with Crippen LogP contribution in [0, 0.1) is 0 Å². The fourth-order valence-electron chi connectivity index (χ4n) is 1.08. The number of rotatable bonds is 4. The van der Waals surface area contributed by atoms with Gasteiger partial charge in [0.15, 0.2) is 0 Å². The minimum Gasteiger partial charge on any atom is -0.314 e. The summed E-state index contributed by atoms with van der Waals surface area (Å²) in [7, 11) is 0. The topological polar surface area (TPSA) is 41.5 Å². The van der Waals surface area contributed by atoms with Crippen molar-refractivity contribution in [1.29, 1.82) is 0 Å². The molecule has 0 aromatic heterocycles. The molecule has 14 heavy (non-hydrogen) atoms. The summed E-state index contributed by atoms with van der Waals surface area (Å²) in [6.07, 6.45) is 4.71. The lowest BCUT2D eigenvalue weighted by molar-refractivity contribution is -0.117. The first kappa shape index (κ1) is 12.9. The van der Waals surface area contributed by atoms with Gasteiger partial charge in [-0.1, -0.05) is 26.8 Å². The summed E-state index contributed by atoms with van der Waals surface area (Å²) in [6.45, 7) is 7.62. The molecule has 0 aliphatic heterocycles. The van der Waals surface area contributed by atoms with Crippen molar-refractivity contribution < 1.29 is 4.79 Å². The molecule has 0 spiro atoms. The van der Waals surface area contributed by atoms with Gasteiger partial charge < -0.3 is 5.32 Å². The molecule has 80 valence electrons. The molecule has 3 heteroatoms.